The van der Waals surface area contributed by atoms with Crippen LogP contribution in [0.15, 0.2) is 12.2 Å². The third kappa shape index (κ3) is 1.42. The van der Waals surface area contributed by atoms with Gasteiger partial charge >= 0.3 is 0 Å². The monoisotopic (exact) mass is 266 g/mol. The van der Waals surface area contributed by atoms with Crippen LogP contribution < -0.4 is 0 Å². The van der Waals surface area contributed by atoms with E-state index < -0.39 is 17.3 Å². The summed E-state index contributed by atoms with van der Waals surface area (Å²) in [6.45, 7) is 0. The second-order valence-electron chi connectivity index (χ2n) is 6.02. The number of rotatable bonds is 2. The predicted molar refractivity (Wildman–Crippen MR) is 69.4 cm³/mol. The van der Waals surface area contributed by atoms with E-state index in [0.29, 0.717) is 6.42 Å². The number of allylic oxidation sites excluding steroid dienone is 1. The first-order chi connectivity index (χ1) is 9.12. The van der Waals surface area contributed by atoms with Gasteiger partial charge in [0, 0.05) is 20.1 Å². The Morgan fingerprint density at radius 1 is 1.26 bits per heavy atom. The molecule has 0 aliphatic heterocycles. The molecule has 0 saturated heterocycles. The summed E-state index contributed by atoms with van der Waals surface area (Å²) in [6.07, 6.45) is 8.02. The maximum Gasteiger partial charge on any atom is 0.241 e. The Kier molecular flexibility index (Phi) is 3.08. The molecule has 0 heterocycles. The van der Waals surface area contributed by atoms with Gasteiger partial charge in [-0.2, -0.15) is 0 Å². The van der Waals surface area contributed by atoms with Crippen LogP contribution >= 0.6 is 0 Å². The average Bonchev–Trinajstić information content (AvgIpc) is 2.60. The molecule has 4 unspecified atom stereocenters. The Labute approximate surface area is 113 Å². The topological polar surface area (TPSA) is 55.8 Å². The summed E-state index contributed by atoms with van der Waals surface area (Å²) in [5.74, 6) is -1.20. The van der Waals surface area contributed by atoms with Gasteiger partial charge in [-0.1, -0.05) is 25.0 Å². The summed E-state index contributed by atoms with van der Waals surface area (Å²) in [5, 5.41) is 10.7. The van der Waals surface area contributed by atoms with Gasteiger partial charge < -0.3 is 14.6 Å². The number of hydrogen-bond acceptors (Lipinski definition) is 4. The summed E-state index contributed by atoms with van der Waals surface area (Å²) in [7, 11) is 3.03. The second kappa shape index (κ2) is 4.40. The van der Waals surface area contributed by atoms with Crippen LogP contribution in [0.25, 0.3) is 0 Å². The quantitative estimate of drug-likeness (QED) is 0.610. The molecule has 4 atom stereocenters. The average molecular weight is 266 g/mol. The Balaban J connectivity index is 2.19. The minimum absolute atomic E-state index is 0.0304. The summed E-state index contributed by atoms with van der Waals surface area (Å²) < 4.78 is 11.2. The second-order valence-corrected chi connectivity index (χ2v) is 6.02. The highest BCUT2D eigenvalue weighted by molar-refractivity contribution is 5.93. The zero-order chi connectivity index (χ0) is 13.7. The lowest BCUT2D eigenvalue weighted by Crippen LogP contribution is -2.70. The zero-order valence-corrected chi connectivity index (χ0v) is 11.6. The molecule has 2 saturated carbocycles. The van der Waals surface area contributed by atoms with E-state index >= 15 is 0 Å². The van der Waals surface area contributed by atoms with Crippen molar-refractivity contribution in [1.29, 1.82) is 0 Å². The van der Waals surface area contributed by atoms with Gasteiger partial charge in [-0.3, -0.25) is 4.79 Å². The molecule has 2 fully saturated rings. The molecule has 0 radical (unpaired) electrons. The highest BCUT2D eigenvalue weighted by Gasteiger charge is 2.69. The van der Waals surface area contributed by atoms with Gasteiger partial charge in [0.1, 0.15) is 0 Å². The fourth-order valence-corrected chi connectivity index (χ4v) is 4.59. The van der Waals surface area contributed by atoms with E-state index in [-0.39, 0.29) is 17.6 Å². The highest BCUT2D eigenvalue weighted by atomic mass is 16.7. The largest absolute Gasteiger partial charge is 0.392 e. The molecular formula is C15H22O4. The summed E-state index contributed by atoms with van der Waals surface area (Å²) in [4.78, 5) is 12.7. The van der Waals surface area contributed by atoms with Gasteiger partial charge in [-0.25, -0.2) is 0 Å². The van der Waals surface area contributed by atoms with Crippen molar-refractivity contribution in [2.45, 2.75) is 44.0 Å². The van der Waals surface area contributed by atoms with Crippen molar-refractivity contribution >= 4 is 5.78 Å². The first-order valence-corrected chi connectivity index (χ1v) is 7.14. The van der Waals surface area contributed by atoms with Crippen molar-refractivity contribution in [2.75, 3.05) is 14.2 Å². The molecule has 2 bridgehead atoms. The number of fused-ring (bicyclic) bond motifs is 1. The fraction of sp³-hybridized carbons (Fsp3) is 0.800. The summed E-state index contributed by atoms with van der Waals surface area (Å²) in [6, 6.07) is 0. The predicted octanol–water partition coefficient (Wildman–Crippen LogP) is 1.67. The third-order valence-electron chi connectivity index (χ3n) is 5.46. The zero-order valence-electron chi connectivity index (χ0n) is 11.6. The van der Waals surface area contributed by atoms with Crippen LogP contribution in [0.1, 0.15) is 32.1 Å². The summed E-state index contributed by atoms with van der Waals surface area (Å²) in [5.41, 5.74) is -0.709. The number of aliphatic hydroxyl groups is 1. The van der Waals surface area contributed by atoms with E-state index in [1.807, 2.05) is 12.2 Å². The molecule has 4 aliphatic carbocycles. The van der Waals surface area contributed by atoms with Crippen LogP contribution in [0.3, 0.4) is 0 Å². The highest BCUT2D eigenvalue weighted by Crippen LogP contribution is 2.60. The Bertz CT molecular complexity index is 412. The van der Waals surface area contributed by atoms with Crippen molar-refractivity contribution in [3.63, 3.8) is 0 Å². The molecular weight excluding hydrogens is 244 g/mol. The normalized spacial score (nSPS) is 43.9. The molecule has 4 rings (SSSR count). The van der Waals surface area contributed by atoms with Crippen molar-refractivity contribution in [3.8, 4) is 0 Å². The molecule has 1 N–H and O–H groups in total. The molecule has 4 nitrogen and oxygen atoms in total. The maximum atomic E-state index is 12.7. The molecule has 0 aromatic heterocycles. The number of carbonyl (C=O) groups is 1. The number of aliphatic hydroxyl groups excluding tert-OH is 1. The van der Waals surface area contributed by atoms with Crippen LogP contribution in [0.5, 0.6) is 0 Å². The van der Waals surface area contributed by atoms with Crippen molar-refractivity contribution in [2.24, 2.45) is 17.3 Å². The Hall–Kier alpha value is -0.710. The van der Waals surface area contributed by atoms with Crippen LogP contribution in [0, 0.1) is 17.3 Å². The minimum atomic E-state index is -1.31. The first kappa shape index (κ1) is 13.3. The van der Waals surface area contributed by atoms with Gasteiger partial charge in [-0.15, -0.1) is 0 Å². The first-order valence-electron chi connectivity index (χ1n) is 7.14. The van der Waals surface area contributed by atoms with E-state index in [4.69, 9.17) is 9.47 Å². The lowest BCUT2D eigenvalue weighted by molar-refractivity contribution is -0.293. The lowest BCUT2D eigenvalue weighted by atomic mass is 9.52. The number of ether oxygens (including phenoxy) is 2. The van der Waals surface area contributed by atoms with Crippen LogP contribution in [-0.4, -0.2) is 37.0 Å². The number of carbonyl (C=O) groups excluding carboxylic acids is 1. The fourth-order valence-electron chi connectivity index (χ4n) is 4.59. The SMILES string of the molecule is COC1(OC)C(=O)C2C=CC13C(O)CCCCC3C2. The standard InChI is InChI=1S/C15H22O4/c1-18-15(19-2)13(17)10-7-8-14(15)11(9-10)5-3-4-6-12(14)16/h7-8,10-12,16H,3-6,9H2,1-2H3. The molecule has 1 spiro atoms. The van der Waals surface area contributed by atoms with Gasteiger partial charge in [0.05, 0.1) is 11.5 Å². The van der Waals surface area contributed by atoms with E-state index in [9.17, 15) is 9.90 Å². The van der Waals surface area contributed by atoms with Gasteiger partial charge in [0.15, 0.2) is 5.78 Å². The van der Waals surface area contributed by atoms with Crippen molar-refractivity contribution in [1.82, 2.24) is 0 Å². The number of methoxy groups -OCH3 is 2. The maximum absolute atomic E-state index is 12.7. The van der Waals surface area contributed by atoms with E-state index in [2.05, 4.69) is 0 Å². The third-order valence-corrected chi connectivity index (χ3v) is 5.46. The molecule has 0 amide bonds. The van der Waals surface area contributed by atoms with E-state index in [0.717, 1.165) is 25.7 Å². The van der Waals surface area contributed by atoms with Crippen molar-refractivity contribution < 1.29 is 19.4 Å². The van der Waals surface area contributed by atoms with Gasteiger partial charge in [0.2, 0.25) is 5.79 Å². The van der Waals surface area contributed by atoms with Gasteiger partial charge in [-0.05, 0) is 25.2 Å². The van der Waals surface area contributed by atoms with Crippen LogP contribution in [0.2, 0.25) is 0 Å². The molecule has 0 aromatic rings. The molecule has 4 heteroatoms. The van der Waals surface area contributed by atoms with Gasteiger partial charge in [0.25, 0.3) is 0 Å². The number of Topliss-reactive ketones (excluding diaryl/α,β-unsaturated/α-hetero) is 1. The minimum Gasteiger partial charge on any atom is -0.392 e. The van der Waals surface area contributed by atoms with E-state index in [1.165, 1.54) is 14.2 Å². The van der Waals surface area contributed by atoms with Crippen LogP contribution in [-0.2, 0) is 14.3 Å². The molecule has 106 valence electrons. The Morgan fingerprint density at radius 2 is 1.95 bits per heavy atom. The lowest BCUT2D eigenvalue weighted by Gasteiger charge is -2.58. The summed E-state index contributed by atoms with van der Waals surface area (Å²) >= 11 is 0. The molecule has 0 aromatic carbocycles. The molecule has 4 aliphatic rings. The number of hydrogen-bond donors (Lipinski definition) is 1. The smallest absolute Gasteiger partial charge is 0.241 e. The molecule has 19 heavy (non-hydrogen) atoms. The van der Waals surface area contributed by atoms with Crippen molar-refractivity contribution in [3.05, 3.63) is 12.2 Å². The Morgan fingerprint density at radius 3 is 2.63 bits per heavy atom. The number of ketones is 1. The van der Waals surface area contributed by atoms with E-state index in [1.54, 1.807) is 0 Å². The van der Waals surface area contributed by atoms with Crippen LogP contribution in [0.4, 0.5) is 0 Å².